The third-order valence-corrected chi connectivity index (χ3v) is 5.38. The highest BCUT2D eigenvalue weighted by Gasteiger charge is 2.06. The van der Waals surface area contributed by atoms with Gasteiger partial charge in [-0.25, -0.2) is 4.98 Å². The van der Waals surface area contributed by atoms with Crippen LogP contribution in [0.1, 0.15) is 22.6 Å². The number of para-hydroxylation sites is 1. The Balaban J connectivity index is 1.44. The molecule has 124 valence electrons. The lowest BCUT2D eigenvalue weighted by atomic mass is 10.1. The van der Waals surface area contributed by atoms with E-state index >= 15 is 0 Å². The van der Waals surface area contributed by atoms with Crippen LogP contribution < -0.4 is 5.32 Å². The standard InChI is InChI=1S/C19H19ClN2OS/c1-13-6-7-14(12-15(13)20)8-9-18(23)21-11-10-19-22-16-4-2-3-5-17(16)24-19/h2-7,12H,8-11H2,1H3,(H,21,23). The Kier molecular flexibility index (Phi) is 5.48. The molecule has 0 unspecified atom stereocenters. The molecule has 3 nitrogen and oxygen atoms in total. The van der Waals surface area contributed by atoms with Gasteiger partial charge < -0.3 is 5.32 Å². The predicted octanol–water partition coefficient (Wildman–Crippen LogP) is 4.55. The molecule has 1 heterocycles. The van der Waals surface area contributed by atoms with Gasteiger partial charge in [0.15, 0.2) is 0 Å². The van der Waals surface area contributed by atoms with E-state index in [9.17, 15) is 4.79 Å². The summed E-state index contributed by atoms with van der Waals surface area (Å²) in [6, 6.07) is 14.0. The summed E-state index contributed by atoms with van der Waals surface area (Å²) in [4.78, 5) is 16.5. The number of carbonyl (C=O) groups is 1. The van der Waals surface area contributed by atoms with Gasteiger partial charge in [0.1, 0.15) is 0 Å². The third-order valence-electron chi connectivity index (χ3n) is 3.88. The molecule has 0 fully saturated rings. The highest BCUT2D eigenvalue weighted by atomic mass is 35.5. The maximum absolute atomic E-state index is 12.0. The van der Waals surface area contributed by atoms with Crippen molar-refractivity contribution in [1.29, 1.82) is 0 Å². The van der Waals surface area contributed by atoms with Crippen LogP contribution in [0.15, 0.2) is 42.5 Å². The van der Waals surface area contributed by atoms with Gasteiger partial charge in [0.2, 0.25) is 5.91 Å². The topological polar surface area (TPSA) is 42.0 Å². The van der Waals surface area contributed by atoms with E-state index in [4.69, 9.17) is 11.6 Å². The number of rotatable bonds is 6. The molecule has 0 spiro atoms. The lowest BCUT2D eigenvalue weighted by Crippen LogP contribution is -2.25. The van der Waals surface area contributed by atoms with Crippen LogP contribution in [-0.4, -0.2) is 17.4 Å². The number of amides is 1. The third kappa shape index (κ3) is 4.34. The lowest BCUT2D eigenvalue weighted by Gasteiger charge is -2.05. The van der Waals surface area contributed by atoms with E-state index in [0.717, 1.165) is 33.1 Å². The Morgan fingerprint density at radius 1 is 1.21 bits per heavy atom. The maximum atomic E-state index is 12.0. The number of benzene rings is 2. The van der Waals surface area contributed by atoms with Gasteiger partial charge in [-0.05, 0) is 42.7 Å². The Morgan fingerprint density at radius 2 is 2.04 bits per heavy atom. The van der Waals surface area contributed by atoms with E-state index < -0.39 is 0 Å². The molecule has 3 rings (SSSR count). The molecular weight excluding hydrogens is 340 g/mol. The minimum absolute atomic E-state index is 0.0628. The van der Waals surface area contributed by atoms with Crippen LogP contribution in [0.5, 0.6) is 0 Å². The van der Waals surface area contributed by atoms with Gasteiger partial charge in [-0.1, -0.05) is 35.9 Å². The summed E-state index contributed by atoms with van der Waals surface area (Å²) in [5, 5.41) is 4.78. The summed E-state index contributed by atoms with van der Waals surface area (Å²) in [6.45, 7) is 2.59. The zero-order valence-corrected chi connectivity index (χ0v) is 15.1. The average molecular weight is 359 g/mol. The predicted molar refractivity (Wildman–Crippen MR) is 101 cm³/mol. The van der Waals surface area contributed by atoms with E-state index in [0.29, 0.717) is 19.4 Å². The van der Waals surface area contributed by atoms with Crippen LogP contribution in [0.25, 0.3) is 10.2 Å². The molecule has 3 aromatic rings. The molecule has 0 aliphatic rings. The van der Waals surface area contributed by atoms with Gasteiger partial charge in [0.25, 0.3) is 0 Å². The summed E-state index contributed by atoms with van der Waals surface area (Å²) in [5.41, 5.74) is 3.17. The summed E-state index contributed by atoms with van der Waals surface area (Å²) >= 11 is 7.79. The smallest absolute Gasteiger partial charge is 0.220 e. The van der Waals surface area contributed by atoms with E-state index in [1.807, 2.05) is 43.3 Å². The zero-order valence-electron chi connectivity index (χ0n) is 13.5. The number of halogens is 1. The number of fused-ring (bicyclic) bond motifs is 1. The largest absolute Gasteiger partial charge is 0.356 e. The minimum atomic E-state index is 0.0628. The molecule has 0 atom stereocenters. The Bertz CT molecular complexity index is 826. The number of aromatic nitrogens is 1. The molecule has 5 heteroatoms. The molecule has 1 amide bonds. The minimum Gasteiger partial charge on any atom is -0.356 e. The molecule has 0 aliphatic carbocycles. The molecule has 2 aromatic carbocycles. The second-order valence-electron chi connectivity index (χ2n) is 5.76. The van der Waals surface area contributed by atoms with Crippen molar-refractivity contribution >= 4 is 39.1 Å². The fourth-order valence-electron chi connectivity index (χ4n) is 2.47. The molecule has 0 saturated heterocycles. The van der Waals surface area contributed by atoms with Crippen molar-refractivity contribution in [3.8, 4) is 0 Å². The number of nitrogens with one attached hydrogen (secondary N) is 1. The summed E-state index contributed by atoms with van der Waals surface area (Å²) in [6.07, 6.45) is 1.94. The molecule has 1 N–H and O–H groups in total. The van der Waals surface area contributed by atoms with Crippen molar-refractivity contribution < 1.29 is 4.79 Å². The zero-order chi connectivity index (χ0) is 16.9. The van der Waals surface area contributed by atoms with Crippen molar-refractivity contribution in [3.05, 3.63) is 63.6 Å². The monoisotopic (exact) mass is 358 g/mol. The van der Waals surface area contributed by atoms with Crippen molar-refractivity contribution in [2.24, 2.45) is 0 Å². The second-order valence-corrected chi connectivity index (χ2v) is 7.28. The first-order chi connectivity index (χ1) is 11.6. The van der Waals surface area contributed by atoms with Gasteiger partial charge in [-0.15, -0.1) is 11.3 Å². The van der Waals surface area contributed by atoms with E-state index in [-0.39, 0.29) is 5.91 Å². The van der Waals surface area contributed by atoms with E-state index in [1.165, 1.54) is 4.70 Å². The van der Waals surface area contributed by atoms with E-state index in [2.05, 4.69) is 16.4 Å². The normalized spacial score (nSPS) is 10.9. The van der Waals surface area contributed by atoms with Crippen molar-refractivity contribution in [3.63, 3.8) is 0 Å². The molecule has 0 saturated carbocycles. The van der Waals surface area contributed by atoms with Gasteiger partial charge >= 0.3 is 0 Å². The fraction of sp³-hybridized carbons (Fsp3) is 0.263. The van der Waals surface area contributed by atoms with Crippen LogP contribution in [0, 0.1) is 6.92 Å². The summed E-state index contributed by atoms with van der Waals surface area (Å²) < 4.78 is 1.19. The fourth-order valence-corrected chi connectivity index (χ4v) is 3.64. The quantitative estimate of drug-likeness (QED) is 0.702. The van der Waals surface area contributed by atoms with Crippen LogP contribution >= 0.6 is 22.9 Å². The molecular formula is C19H19ClN2OS. The van der Waals surface area contributed by atoms with Crippen molar-refractivity contribution in [2.45, 2.75) is 26.2 Å². The van der Waals surface area contributed by atoms with Crippen molar-refractivity contribution in [2.75, 3.05) is 6.54 Å². The van der Waals surface area contributed by atoms with Gasteiger partial charge in [0, 0.05) is 24.4 Å². The second kappa shape index (κ2) is 7.77. The average Bonchev–Trinajstić information content (AvgIpc) is 2.98. The molecule has 1 aromatic heterocycles. The highest BCUT2D eigenvalue weighted by Crippen LogP contribution is 2.21. The number of thiazole rings is 1. The first-order valence-corrected chi connectivity index (χ1v) is 9.17. The number of hydrogen-bond donors (Lipinski definition) is 1. The molecule has 0 aliphatic heterocycles. The maximum Gasteiger partial charge on any atom is 0.220 e. The molecule has 0 bridgehead atoms. The highest BCUT2D eigenvalue weighted by molar-refractivity contribution is 7.18. The first-order valence-electron chi connectivity index (χ1n) is 7.98. The van der Waals surface area contributed by atoms with Crippen LogP contribution in [-0.2, 0) is 17.6 Å². The number of aryl methyl sites for hydroxylation is 2. The molecule has 0 radical (unpaired) electrons. The van der Waals surface area contributed by atoms with E-state index in [1.54, 1.807) is 11.3 Å². The Hall–Kier alpha value is -1.91. The first kappa shape index (κ1) is 16.9. The number of hydrogen-bond acceptors (Lipinski definition) is 3. The van der Waals surface area contributed by atoms with Crippen LogP contribution in [0.3, 0.4) is 0 Å². The molecule has 24 heavy (non-hydrogen) atoms. The Labute approximate surface area is 150 Å². The SMILES string of the molecule is Cc1ccc(CCC(=O)NCCc2nc3ccccc3s2)cc1Cl. The van der Waals surface area contributed by atoms with Gasteiger partial charge in [-0.2, -0.15) is 0 Å². The lowest BCUT2D eigenvalue weighted by molar-refractivity contribution is -0.121. The summed E-state index contributed by atoms with van der Waals surface area (Å²) in [5.74, 6) is 0.0628. The van der Waals surface area contributed by atoms with Crippen LogP contribution in [0.2, 0.25) is 5.02 Å². The Morgan fingerprint density at radius 3 is 2.83 bits per heavy atom. The van der Waals surface area contributed by atoms with Crippen molar-refractivity contribution in [1.82, 2.24) is 10.3 Å². The summed E-state index contributed by atoms with van der Waals surface area (Å²) in [7, 11) is 0. The number of nitrogens with zero attached hydrogens (tertiary/aromatic N) is 1. The van der Waals surface area contributed by atoms with Gasteiger partial charge in [-0.3, -0.25) is 4.79 Å². The van der Waals surface area contributed by atoms with Gasteiger partial charge in [0.05, 0.1) is 15.2 Å². The van der Waals surface area contributed by atoms with Crippen LogP contribution in [0.4, 0.5) is 0 Å². The number of carbonyl (C=O) groups excluding carboxylic acids is 1.